The Morgan fingerprint density at radius 3 is 1.80 bits per heavy atom. The van der Waals surface area contributed by atoms with E-state index in [0.29, 0.717) is 66.1 Å². The van der Waals surface area contributed by atoms with E-state index < -0.39 is 0 Å². The van der Waals surface area contributed by atoms with Gasteiger partial charge in [0.15, 0.2) is 17.0 Å². The molecular weight excluding hydrogens is 683 g/mol. The molecule has 0 saturated heterocycles. The van der Waals surface area contributed by atoms with Crippen LogP contribution >= 0.6 is 23.2 Å². The van der Waals surface area contributed by atoms with Crippen molar-refractivity contribution in [3.05, 3.63) is 123 Å². The second-order valence-corrected chi connectivity index (χ2v) is 12.5. The SMILES string of the molecule is Cc1c(N=Nc2ccc(-c3ccc(N=Nc4c(C)c(C#N)c5nc6ccccc6n5c4O)c(Cl)c3)cc2Cl)cn2c(nc3ccccc32)c1C#N. The van der Waals surface area contributed by atoms with Crippen molar-refractivity contribution in [2.24, 2.45) is 20.5 Å². The normalized spacial score (nSPS) is 11.8. The molecule has 0 atom stereocenters. The third-order valence-electron chi connectivity index (χ3n) is 8.74. The first kappa shape index (κ1) is 31.6. The zero-order chi connectivity index (χ0) is 35.4. The van der Waals surface area contributed by atoms with Crippen LogP contribution in [0.1, 0.15) is 22.3 Å². The van der Waals surface area contributed by atoms with E-state index in [1.807, 2.05) is 72.1 Å². The maximum atomic E-state index is 11.2. The standard InChI is InChI=1S/C38H22Cl2N10O/c1-20-24(17-41)36-43-30-7-3-5-9-33(30)49(36)19-32(20)47-45-28-13-11-22(15-26(28)39)23-12-14-29(27(40)16-23)46-48-35-21(2)25(18-42)37-44-31-8-4-6-10-34(31)50(37)38(35)51/h3-16,19,51H,1-2H3. The van der Waals surface area contributed by atoms with Gasteiger partial charge < -0.3 is 5.11 Å². The van der Waals surface area contributed by atoms with Crippen molar-refractivity contribution in [1.82, 2.24) is 18.8 Å². The average molecular weight is 706 g/mol. The number of nitriles is 2. The lowest BCUT2D eigenvalue weighted by atomic mass is 10.1. The summed E-state index contributed by atoms with van der Waals surface area (Å²) < 4.78 is 3.35. The minimum atomic E-state index is -0.185. The molecule has 8 rings (SSSR count). The highest BCUT2D eigenvalue weighted by molar-refractivity contribution is 6.34. The number of para-hydroxylation sites is 4. The second kappa shape index (κ2) is 12.3. The summed E-state index contributed by atoms with van der Waals surface area (Å²) >= 11 is 13.3. The van der Waals surface area contributed by atoms with Crippen LogP contribution in [0.15, 0.2) is 112 Å². The molecule has 0 radical (unpaired) electrons. The smallest absolute Gasteiger partial charge is 0.226 e. The predicted molar refractivity (Wildman–Crippen MR) is 196 cm³/mol. The van der Waals surface area contributed by atoms with Gasteiger partial charge in [-0.1, -0.05) is 59.6 Å². The first-order valence-electron chi connectivity index (χ1n) is 15.5. The molecule has 0 saturated carbocycles. The van der Waals surface area contributed by atoms with Crippen LogP contribution < -0.4 is 0 Å². The molecule has 1 N–H and O–H groups in total. The average Bonchev–Trinajstić information content (AvgIpc) is 3.70. The Balaban J connectivity index is 1.08. The van der Waals surface area contributed by atoms with Crippen molar-refractivity contribution in [3.8, 4) is 29.1 Å². The lowest BCUT2D eigenvalue weighted by Crippen LogP contribution is -1.95. The second-order valence-electron chi connectivity index (χ2n) is 11.7. The van der Waals surface area contributed by atoms with E-state index >= 15 is 0 Å². The zero-order valence-electron chi connectivity index (χ0n) is 26.8. The van der Waals surface area contributed by atoms with Gasteiger partial charge in [0.1, 0.15) is 40.3 Å². The van der Waals surface area contributed by atoms with Gasteiger partial charge in [-0.15, -0.1) is 20.5 Å². The molecule has 8 aromatic rings. The third-order valence-corrected chi connectivity index (χ3v) is 9.35. The third kappa shape index (κ3) is 5.20. The van der Waals surface area contributed by atoms with Gasteiger partial charge in [-0.3, -0.25) is 8.80 Å². The van der Waals surface area contributed by atoms with E-state index in [9.17, 15) is 15.6 Å². The van der Waals surface area contributed by atoms with Crippen molar-refractivity contribution in [2.45, 2.75) is 13.8 Å². The number of azo groups is 2. The number of halogens is 2. The van der Waals surface area contributed by atoms with Gasteiger partial charge in [-0.25, -0.2) is 9.97 Å². The van der Waals surface area contributed by atoms with Gasteiger partial charge in [-0.2, -0.15) is 10.5 Å². The molecule has 4 aromatic heterocycles. The van der Waals surface area contributed by atoms with Crippen LogP contribution in [0.2, 0.25) is 10.0 Å². The Bertz CT molecular complexity index is 2910. The fourth-order valence-electron chi connectivity index (χ4n) is 6.07. The minimum Gasteiger partial charge on any atom is -0.493 e. The molecule has 0 spiro atoms. The van der Waals surface area contributed by atoms with Gasteiger partial charge in [0, 0.05) is 11.8 Å². The van der Waals surface area contributed by atoms with Crippen molar-refractivity contribution in [2.75, 3.05) is 0 Å². The first-order valence-corrected chi connectivity index (χ1v) is 16.3. The molecule has 4 heterocycles. The number of fused-ring (bicyclic) bond motifs is 6. The van der Waals surface area contributed by atoms with Crippen molar-refractivity contribution < 1.29 is 5.11 Å². The number of nitrogens with zero attached hydrogens (tertiary/aromatic N) is 10. The molecule has 0 fully saturated rings. The lowest BCUT2D eigenvalue weighted by Gasteiger charge is -2.09. The van der Waals surface area contributed by atoms with Crippen LogP contribution in [0, 0.1) is 36.5 Å². The number of benzene rings is 4. The van der Waals surface area contributed by atoms with Gasteiger partial charge in [0.25, 0.3) is 0 Å². The van der Waals surface area contributed by atoms with Crippen LogP contribution in [0.25, 0.3) is 44.5 Å². The summed E-state index contributed by atoms with van der Waals surface area (Å²) in [5.41, 5.74) is 8.65. The number of rotatable bonds is 5. The topological polar surface area (TPSA) is 152 Å². The van der Waals surface area contributed by atoms with Crippen LogP contribution in [0.4, 0.5) is 22.7 Å². The summed E-state index contributed by atoms with van der Waals surface area (Å²) in [6.45, 7) is 3.51. The number of aromatic hydroxyl groups is 1. The molecular formula is C38H22Cl2N10O. The van der Waals surface area contributed by atoms with Crippen LogP contribution in [-0.4, -0.2) is 23.9 Å². The highest BCUT2D eigenvalue weighted by atomic mass is 35.5. The number of hydrogen-bond donors (Lipinski definition) is 1. The summed E-state index contributed by atoms with van der Waals surface area (Å²) in [4.78, 5) is 9.16. The largest absolute Gasteiger partial charge is 0.493 e. The number of pyridine rings is 2. The van der Waals surface area contributed by atoms with E-state index in [0.717, 1.165) is 22.2 Å². The molecule has 0 unspecified atom stereocenters. The highest BCUT2D eigenvalue weighted by Gasteiger charge is 2.21. The fourth-order valence-corrected chi connectivity index (χ4v) is 6.51. The summed E-state index contributed by atoms with van der Waals surface area (Å²) in [7, 11) is 0. The Labute approximate surface area is 299 Å². The number of hydrogen-bond acceptors (Lipinski definition) is 9. The van der Waals surface area contributed by atoms with E-state index in [4.69, 9.17) is 23.2 Å². The van der Waals surface area contributed by atoms with Gasteiger partial charge >= 0.3 is 0 Å². The van der Waals surface area contributed by atoms with E-state index in [1.54, 1.807) is 37.3 Å². The van der Waals surface area contributed by atoms with Crippen LogP contribution in [0.3, 0.4) is 0 Å². The fraction of sp³-hybridized carbons (Fsp3) is 0.0526. The zero-order valence-corrected chi connectivity index (χ0v) is 28.3. The van der Waals surface area contributed by atoms with Crippen LogP contribution in [0.5, 0.6) is 5.88 Å². The molecule has 13 heteroatoms. The Kier molecular flexibility index (Phi) is 7.65. The van der Waals surface area contributed by atoms with Gasteiger partial charge in [0.2, 0.25) is 5.88 Å². The summed E-state index contributed by atoms with van der Waals surface area (Å²) in [5.74, 6) is -0.185. The van der Waals surface area contributed by atoms with E-state index in [1.165, 1.54) is 4.40 Å². The summed E-state index contributed by atoms with van der Waals surface area (Å²) in [6.07, 6.45) is 1.82. The Hall–Kier alpha value is -6.66. The lowest BCUT2D eigenvalue weighted by molar-refractivity contribution is 0.449. The van der Waals surface area contributed by atoms with Gasteiger partial charge in [-0.05, 0) is 79.1 Å². The van der Waals surface area contributed by atoms with E-state index in [2.05, 4.69) is 42.6 Å². The first-order chi connectivity index (χ1) is 24.8. The quantitative estimate of drug-likeness (QED) is 0.177. The molecule has 0 aliphatic carbocycles. The maximum Gasteiger partial charge on any atom is 0.226 e. The number of aromatic nitrogens is 4. The van der Waals surface area contributed by atoms with Gasteiger partial charge in [0.05, 0.1) is 32.1 Å². The van der Waals surface area contributed by atoms with Crippen molar-refractivity contribution in [3.63, 3.8) is 0 Å². The molecule has 0 aliphatic rings. The Morgan fingerprint density at radius 1 is 0.647 bits per heavy atom. The van der Waals surface area contributed by atoms with Crippen LogP contribution in [-0.2, 0) is 0 Å². The molecule has 51 heavy (non-hydrogen) atoms. The maximum absolute atomic E-state index is 11.2. The molecule has 4 aromatic carbocycles. The van der Waals surface area contributed by atoms with E-state index in [-0.39, 0.29) is 17.1 Å². The molecule has 0 bridgehead atoms. The minimum absolute atomic E-state index is 0.135. The Morgan fingerprint density at radius 2 is 1.18 bits per heavy atom. The molecule has 244 valence electrons. The summed E-state index contributed by atoms with van der Waals surface area (Å²) in [6, 6.07) is 30.0. The monoisotopic (exact) mass is 704 g/mol. The van der Waals surface area contributed by atoms with Crippen molar-refractivity contribution >= 4 is 79.3 Å². The molecule has 11 nitrogen and oxygen atoms in total. The highest BCUT2D eigenvalue weighted by Crippen LogP contribution is 2.40. The van der Waals surface area contributed by atoms with Crippen molar-refractivity contribution in [1.29, 1.82) is 10.5 Å². The number of imidazole rings is 2. The molecule has 0 amide bonds. The molecule has 0 aliphatic heterocycles. The summed E-state index contributed by atoms with van der Waals surface area (Å²) in [5, 5.41) is 49.3. The predicted octanol–water partition coefficient (Wildman–Crippen LogP) is 11.2.